The van der Waals surface area contributed by atoms with Gasteiger partial charge in [-0.3, -0.25) is 10.1 Å². The van der Waals surface area contributed by atoms with Gasteiger partial charge in [0.25, 0.3) is 0 Å². The number of nitrogen functional groups attached to an aromatic ring is 2. The molecule has 0 radical (unpaired) electrons. The molecule has 0 spiro atoms. The molecule has 0 unspecified atom stereocenters. The first-order valence-electron chi connectivity index (χ1n) is 4.10. The van der Waals surface area contributed by atoms with Crippen molar-refractivity contribution in [3.05, 3.63) is 27.3 Å². The van der Waals surface area contributed by atoms with E-state index in [0.29, 0.717) is 0 Å². The van der Waals surface area contributed by atoms with E-state index < -0.39 is 39.4 Å². The standard InChI is InChI=1S/C8H7N3O6/c9-3-1-2(7(12)13)4(8(14)15)6(5(3)10)11(16)17/h1H,9-10H2,(H,12,13)(H,14,15). The molecule has 90 valence electrons. The van der Waals surface area contributed by atoms with E-state index in [9.17, 15) is 19.7 Å². The van der Waals surface area contributed by atoms with Gasteiger partial charge in [-0.2, -0.15) is 0 Å². The lowest BCUT2D eigenvalue weighted by atomic mass is 10.0. The zero-order valence-corrected chi connectivity index (χ0v) is 8.21. The summed E-state index contributed by atoms with van der Waals surface area (Å²) >= 11 is 0. The monoisotopic (exact) mass is 241 g/mol. The van der Waals surface area contributed by atoms with E-state index in [1.54, 1.807) is 0 Å². The first-order chi connectivity index (χ1) is 7.77. The number of nitrogens with zero attached hydrogens (tertiary/aromatic N) is 1. The number of nitro benzene ring substituents is 1. The molecule has 0 saturated carbocycles. The van der Waals surface area contributed by atoms with Crippen molar-refractivity contribution < 1.29 is 24.7 Å². The maximum atomic E-state index is 10.9. The zero-order valence-electron chi connectivity index (χ0n) is 8.21. The lowest BCUT2D eigenvalue weighted by Gasteiger charge is -2.07. The number of rotatable bonds is 3. The summed E-state index contributed by atoms with van der Waals surface area (Å²) < 4.78 is 0. The molecule has 1 aromatic carbocycles. The van der Waals surface area contributed by atoms with Gasteiger partial charge >= 0.3 is 17.6 Å². The highest BCUT2D eigenvalue weighted by molar-refractivity contribution is 6.08. The van der Waals surface area contributed by atoms with Crippen LogP contribution in [0.4, 0.5) is 17.1 Å². The Balaban J connectivity index is 3.83. The number of nitrogens with two attached hydrogens (primary N) is 2. The summed E-state index contributed by atoms with van der Waals surface area (Å²) in [6.07, 6.45) is 0. The summed E-state index contributed by atoms with van der Waals surface area (Å²) in [6, 6.07) is 0.772. The van der Waals surface area contributed by atoms with Crippen LogP contribution < -0.4 is 11.5 Å². The Bertz CT molecular complexity index is 539. The fourth-order valence-corrected chi connectivity index (χ4v) is 1.28. The number of hydrogen-bond acceptors (Lipinski definition) is 6. The van der Waals surface area contributed by atoms with Crippen LogP contribution in [-0.2, 0) is 0 Å². The maximum absolute atomic E-state index is 10.9. The average molecular weight is 241 g/mol. The zero-order chi connectivity index (χ0) is 13.3. The molecule has 0 aliphatic heterocycles. The van der Waals surface area contributed by atoms with Gasteiger partial charge in [0.1, 0.15) is 5.69 Å². The Morgan fingerprint density at radius 1 is 1.24 bits per heavy atom. The molecule has 0 bridgehead atoms. The third-order valence-electron chi connectivity index (χ3n) is 2.00. The van der Waals surface area contributed by atoms with Crippen LogP contribution in [0, 0.1) is 10.1 Å². The summed E-state index contributed by atoms with van der Waals surface area (Å²) in [7, 11) is 0. The van der Waals surface area contributed by atoms with E-state index in [1.807, 2.05) is 0 Å². The number of carboxylic acids is 2. The highest BCUT2D eigenvalue weighted by atomic mass is 16.6. The van der Waals surface area contributed by atoms with Crippen molar-refractivity contribution >= 4 is 29.0 Å². The summed E-state index contributed by atoms with van der Waals surface area (Å²) in [5, 5.41) is 28.2. The van der Waals surface area contributed by atoms with E-state index in [0.717, 1.165) is 6.07 Å². The lowest BCUT2D eigenvalue weighted by molar-refractivity contribution is -0.384. The molecular formula is C8H7N3O6. The Hall–Kier alpha value is -2.84. The number of nitro groups is 1. The number of carboxylic acid groups (broad SMARTS) is 2. The molecule has 0 aromatic heterocycles. The summed E-state index contributed by atoms with van der Waals surface area (Å²) in [5.41, 5.74) is 6.82. The molecule has 6 N–H and O–H groups in total. The Kier molecular flexibility index (Phi) is 2.85. The van der Waals surface area contributed by atoms with Crippen molar-refractivity contribution in [1.29, 1.82) is 0 Å². The largest absolute Gasteiger partial charge is 0.478 e. The molecule has 0 atom stereocenters. The molecule has 17 heavy (non-hydrogen) atoms. The maximum Gasteiger partial charge on any atom is 0.343 e. The van der Waals surface area contributed by atoms with Crippen LogP contribution >= 0.6 is 0 Å². The van der Waals surface area contributed by atoms with E-state index in [1.165, 1.54) is 0 Å². The van der Waals surface area contributed by atoms with Gasteiger partial charge in [-0.25, -0.2) is 9.59 Å². The van der Waals surface area contributed by atoms with Crippen LogP contribution in [0.2, 0.25) is 0 Å². The van der Waals surface area contributed by atoms with Crippen LogP contribution in [0.25, 0.3) is 0 Å². The van der Waals surface area contributed by atoms with Crippen molar-refractivity contribution in [1.82, 2.24) is 0 Å². The van der Waals surface area contributed by atoms with E-state index in [2.05, 4.69) is 0 Å². The summed E-state index contributed by atoms with van der Waals surface area (Å²) in [5.74, 6) is -3.40. The van der Waals surface area contributed by atoms with Gasteiger partial charge in [-0.1, -0.05) is 0 Å². The molecule has 9 heteroatoms. The topological polar surface area (TPSA) is 170 Å². The van der Waals surface area contributed by atoms with Crippen LogP contribution in [-0.4, -0.2) is 27.1 Å². The van der Waals surface area contributed by atoms with Gasteiger partial charge in [0.2, 0.25) is 0 Å². The molecule has 1 rings (SSSR count). The van der Waals surface area contributed by atoms with Gasteiger partial charge in [-0.05, 0) is 6.07 Å². The molecule has 0 saturated heterocycles. The van der Waals surface area contributed by atoms with Gasteiger partial charge in [-0.15, -0.1) is 0 Å². The molecule has 9 nitrogen and oxygen atoms in total. The normalized spacial score (nSPS) is 9.88. The number of aromatic carboxylic acids is 2. The fourth-order valence-electron chi connectivity index (χ4n) is 1.28. The van der Waals surface area contributed by atoms with E-state index in [-0.39, 0.29) is 5.69 Å². The molecule has 0 heterocycles. The summed E-state index contributed by atoms with van der Waals surface area (Å²) in [6.45, 7) is 0. The fraction of sp³-hybridized carbons (Fsp3) is 0. The quantitative estimate of drug-likeness (QED) is 0.329. The Labute approximate surface area is 93.4 Å². The van der Waals surface area contributed by atoms with Gasteiger partial charge < -0.3 is 21.7 Å². The second-order valence-corrected chi connectivity index (χ2v) is 3.02. The minimum Gasteiger partial charge on any atom is -0.478 e. The van der Waals surface area contributed by atoms with Crippen molar-refractivity contribution in [2.45, 2.75) is 0 Å². The molecule has 0 aliphatic carbocycles. The lowest BCUT2D eigenvalue weighted by Crippen LogP contribution is -2.14. The molecular weight excluding hydrogens is 234 g/mol. The second-order valence-electron chi connectivity index (χ2n) is 3.02. The molecule has 0 amide bonds. The van der Waals surface area contributed by atoms with E-state index >= 15 is 0 Å². The predicted molar refractivity (Wildman–Crippen MR) is 55.8 cm³/mol. The summed E-state index contributed by atoms with van der Waals surface area (Å²) in [4.78, 5) is 31.2. The Morgan fingerprint density at radius 3 is 2.12 bits per heavy atom. The smallest absolute Gasteiger partial charge is 0.343 e. The first-order valence-corrected chi connectivity index (χ1v) is 4.10. The van der Waals surface area contributed by atoms with Gasteiger partial charge in [0, 0.05) is 0 Å². The Morgan fingerprint density at radius 2 is 1.76 bits per heavy atom. The number of hydrogen-bond donors (Lipinski definition) is 4. The number of benzene rings is 1. The molecule has 0 aliphatic rings. The highest BCUT2D eigenvalue weighted by Gasteiger charge is 2.31. The predicted octanol–water partition coefficient (Wildman–Crippen LogP) is 0.156. The van der Waals surface area contributed by atoms with Gasteiger partial charge in [0.05, 0.1) is 16.2 Å². The van der Waals surface area contributed by atoms with Crippen LogP contribution in [0.15, 0.2) is 6.07 Å². The number of anilines is 2. The minimum absolute atomic E-state index is 0.362. The number of carbonyl (C=O) groups is 2. The molecule has 0 fully saturated rings. The first kappa shape index (κ1) is 12.2. The van der Waals surface area contributed by atoms with Crippen molar-refractivity contribution in [3.8, 4) is 0 Å². The van der Waals surface area contributed by atoms with Crippen LogP contribution in [0.5, 0.6) is 0 Å². The average Bonchev–Trinajstić information content (AvgIpc) is 2.19. The second kappa shape index (κ2) is 3.96. The van der Waals surface area contributed by atoms with E-state index in [4.69, 9.17) is 21.7 Å². The van der Waals surface area contributed by atoms with Crippen LogP contribution in [0.3, 0.4) is 0 Å². The molecule has 1 aromatic rings. The van der Waals surface area contributed by atoms with Crippen molar-refractivity contribution in [2.75, 3.05) is 11.5 Å². The minimum atomic E-state index is -1.76. The van der Waals surface area contributed by atoms with Crippen molar-refractivity contribution in [3.63, 3.8) is 0 Å². The third kappa shape index (κ3) is 1.93. The third-order valence-corrected chi connectivity index (χ3v) is 2.00. The SMILES string of the molecule is Nc1cc(C(=O)O)c(C(=O)O)c([N+](=O)[O-])c1N. The highest BCUT2D eigenvalue weighted by Crippen LogP contribution is 2.34. The van der Waals surface area contributed by atoms with Crippen LogP contribution in [0.1, 0.15) is 20.7 Å². The van der Waals surface area contributed by atoms with Gasteiger partial charge in [0.15, 0.2) is 5.56 Å². The van der Waals surface area contributed by atoms with Crippen molar-refractivity contribution in [2.24, 2.45) is 0 Å².